The molecule has 0 spiro atoms. The van der Waals surface area contributed by atoms with E-state index in [4.69, 9.17) is 4.74 Å². The number of hydrogen-bond acceptors (Lipinski definition) is 4. The molecule has 3 rings (SSSR count). The minimum absolute atomic E-state index is 0.106. The van der Waals surface area contributed by atoms with Crippen LogP contribution in [0.5, 0.6) is 5.75 Å². The van der Waals surface area contributed by atoms with E-state index < -0.39 is 6.10 Å². The molecule has 0 saturated carbocycles. The Hall–Kier alpha value is -1.95. The molecule has 1 aliphatic heterocycles. The van der Waals surface area contributed by atoms with Gasteiger partial charge in [0.05, 0.1) is 6.10 Å². The summed E-state index contributed by atoms with van der Waals surface area (Å²) in [6, 6.07) is 10.6. The first-order valence-corrected chi connectivity index (χ1v) is 9.51. The molecule has 1 fully saturated rings. The minimum Gasteiger partial charge on any atom is -0.491 e. The molecule has 146 valence electrons. The first-order valence-electron chi connectivity index (χ1n) is 9.51. The number of benzene rings is 2. The van der Waals surface area contributed by atoms with E-state index in [0.29, 0.717) is 12.3 Å². The summed E-state index contributed by atoms with van der Waals surface area (Å²) in [6.07, 6.45) is 0.575. The number of aliphatic hydroxyl groups excluding tert-OH is 2. The van der Waals surface area contributed by atoms with E-state index in [2.05, 4.69) is 4.90 Å². The third-order valence-corrected chi connectivity index (χ3v) is 5.26. The standard InChI is InChI=1S/C22H28FNO3/c1-15-4-3-5-22(16(15)2)17-10-18(23)12-21(11-17)27-14-20(26)13-24-8-6-19(25)7-9-24/h3-5,10-12,19-20,25-26H,6-9,13-14H2,1-2H3. The van der Waals surface area contributed by atoms with Crippen LogP contribution in [-0.4, -0.2) is 53.6 Å². The number of ether oxygens (including phenoxy) is 1. The van der Waals surface area contributed by atoms with E-state index in [0.717, 1.165) is 48.2 Å². The Morgan fingerprint density at radius 1 is 1.19 bits per heavy atom. The second-order valence-electron chi connectivity index (χ2n) is 7.42. The second-order valence-corrected chi connectivity index (χ2v) is 7.42. The van der Waals surface area contributed by atoms with Crippen LogP contribution < -0.4 is 4.74 Å². The van der Waals surface area contributed by atoms with E-state index in [1.807, 2.05) is 38.1 Å². The quantitative estimate of drug-likeness (QED) is 0.816. The lowest BCUT2D eigenvalue weighted by molar-refractivity contribution is 0.0337. The number of aliphatic hydroxyl groups is 2. The van der Waals surface area contributed by atoms with Crippen molar-refractivity contribution in [1.29, 1.82) is 0 Å². The molecule has 0 aliphatic carbocycles. The van der Waals surface area contributed by atoms with Crippen LogP contribution in [0.25, 0.3) is 11.1 Å². The molecule has 5 heteroatoms. The van der Waals surface area contributed by atoms with Crippen molar-refractivity contribution < 1.29 is 19.3 Å². The molecule has 27 heavy (non-hydrogen) atoms. The van der Waals surface area contributed by atoms with E-state index in [-0.39, 0.29) is 18.5 Å². The van der Waals surface area contributed by atoms with Gasteiger partial charge in [0, 0.05) is 25.7 Å². The normalized spacial score (nSPS) is 17.1. The van der Waals surface area contributed by atoms with Crippen molar-refractivity contribution in [3.05, 3.63) is 53.3 Å². The number of likely N-dealkylation sites (tertiary alicyclic amines) is 1. The van der Waals surface area contributed by atoms with Crippen LogP contribution in [0.4, 0.5) is 4.39 Å². The topological polar surface area (TPSA) is 52.9 Å². The zero-order valence-electron chi connectivity index (χ0n) is 16.0. The maximum absolute atomic E-state index is 14.1. The largest absolute Gasteiger partial charge is 0.491 e. The molecule has 4 nitrogen and oxygen atoms in total. The maximum atomic E-state index is 14.1. The van der Waals surface area contributed by atoms with Gasteiger partial charge in [0.2, 0.25) is 0 Å². The van der Waals surface area contributed by atoms with Gasteiger partial charge in [-0.2, -0.15) is 0 Å². The Kier molecular flexibility index (Phi) is 6.47. The van der Waals surface area contributed by atoms with Gasteiger partial charge in [-0.25, -0.2) is 4.39 Å². The van der Waals surface area contributed by atoms with Crippen LogP contribution >= 0.6 is 0 Å². The Labute approximate surface area is 160 Å². The molecule has 0 aromatic heterocycles. The molecule has 1 aliphatic rings. The number of halogens is 1. The fraction of sp³-hybridized carbons (Fsp3) is 0.455. The van der Waals surface area contributed by atoms with Gasteiger partial charge in [-0.1, -0.05) is 18.2 Å². The summed E-state index contributed by atoms with van der Waals surface area (Å²) < 4.78 is 19.8. The first kappa shape index (κ1) is 19.8. The summed E-state index contributed by atoms with van der Waals surface area (Å²) in [7, 11) is 0. The van der Waals surface area contributed by atoms with Crippen LogP contribution in [0.1, 0.15) is 24.0 Å². The summed E-state index contributed by atoms with van der Waals surface area (Å²) in [4.78, 5) is 2.12. The summed E-state index contributed by atoms with van der Waals surface area (Å²) in [5.74, 6) is 0.0573. The number of β-amino-alcohol motifs (C(OH)–C–C–N with tert-alkyl or cyclic N) is 1. The summed E-state index contributed by atoms with van der Waals surface area (Å²) in [5, 5.41) is 19.8. The van der Waals surface area contributed by atoms with Crippen molar-refractivity contribution in [2.75, 3.05) is 26.2 Å². The van der Waals surface area contributed by atoms with Crippen molar-refractivity contribution >= 4 is 0 Å². The average molecular weight is 373 g/mol. The van der Waals surface area contributed by atoms with Crippen molar-refractivity contribution in [1.82, 2.24) is 4.90 Å². The lowest BCUT2D eigenvalue weighted by Crippen LogP contribution is -2.41. The van der Waals surface area contributed by atoms with Crippen LogP contribution in [0, 0.1) is 19.7 Å². The number of piperidine rings is 1. The van der Waals surface area contributed by atoms with Gasteiger partial charge in [0.15, 0.2) is 0 Å². The lowest BCUT2D eigenvalue weighted by atomic mass is 9.97. The summed E-state index contributed by atoms with van der Waals surface area (Å²) >= 11 is 0. The van der Waals surface area contributed by atoms with Crippen molar-refractivity contribution in [3.8, 4) is 16.9 Å². The second kappa shape index (κ2) is 8.83. The predicted molar refractivity (Wildman–Crippen MR) is 104 cm³/mol. The minimum atomic E-state index is -0.660. The molecule has 1 heterocycles. The fourth-order valence-electron chi connectivity index (χ4n) is 3.51. The maximum Gasteiger partial charge on any atom is 0.127 e. The number of rotatable bonds is 6. The van der Waals surface area contributed by atoms with Crippen molar-refractivity contribution in [3.63, 3.8) is 0 Å². The molecule has 0 radical (unpaired) electrons. The third-order valence-electron chi connectivity index (χ3n) is 5.26. The molecule has 1 unspecified atom stereocenters. The number of aryl methyl sites for hydroxylation is 1. The monoisotopic (exact) mass is 373 g/mol. The predicted octanol–water partition coefficient (Wildman–Crippen LogP) is 3.31. The Morgan fingerprint density at radius 3 is 2.67 bits per heavy atom. The number of hydrogen-bond donors (Lipinski definition) is 2. The van der Waals surface area contributed by atoms with Crippen LogP contribution in [0.15, 0.2) is 36.4 Å². The van der Waals surface area contributed by atoms with Crippen LogP contribution in [-0.2, 0) is 0 Å². The molecule has 2 aromatic carbocycles. The van der Waals surface area contributed by atoms with Crippen molar-refractivity contribution in [2.45, 2.75) is 38.9 Å². The molecule has 1 atom stereocenters. The molecule has 0 bridgehead atoms. The zero-order valence-corrected chi connectivity index (χ0v) is 16.0. The van der Waals surface area contributed by atoms with Gasteiger partial charge >= 0.3 is 0 Å². The molecule has 2 aromatic rings. The highest BCUT2D eigenvalue weighted by atomic mass is 19.1. The molecule has 0 amide bonds. The van der Waals surface area contributed by atoms with Gasteiger partial charge in [-0.15, -0.1) is 0 Å². The highest BCUT2D eigenvalue weighted by molar-refractivity contribution is 5.69. The third kappa shape index (κ3) is 5.28. The average Bonchev–Trinajstić information content (AvgIpc) is 2.64. The molecular formula is C22H28FNO3. The lowest BCUT2D eigenvalue weighted by Gasteiger charge is -2.30. The molecular weight excluding hydrogens is 345 g/mol. The van der Waals surface area contributed by atoms with Gasteiger partial charge in [0.1, 0.15) is 24.3 Å². The Balaban J connectivity index is 1.63. The fourth-order valence-corrected chi connectivity index (χ4v) is 3.51. The molecule has 2 N–H and O–H groups in total. The van der Waals surface area contributed by atoms with Gasteiger partial charge < -0.3 is 19.8 Å². The van der Waals surface area contributed by atoms with E-state index in [9.17, 15) is 14.6 Å². The van der Waals surface area contributed by atoms with Gasteiger partial charge in [0.25, 0.3) is 0 Å². The van der Waals surface area contributed by atoms with Crippen LogP contribution in [0.3, 0.4) is 0 Å². The Bertz CT molecular complexity index is 772. The first-order chi connectivity index (χ1) is 12.9. The van der Waals surface area contributed by atoms with E-state index in [1.165, 1.54) is 12.1 Å². The van der Waals surface area contributed by atoms with Gasteiger partial charge in [-0.05, 0) is 61.1 Å². The van der Waals surface area contributed by atoms with E-state index in [1.54, 1.807) is 0 Å². The van der Waals surface area contributed by atoms with Crippen LogP contribution in [0.2, 0.25) is 0 Å². The highest BCUT2D eigenvalue weighted by Crippen LogP contribution is 2.29. The van der Waals surface area contributed by atoms with Gasteiger partial charge in [-0.3, -0.25) is 0 Å². The number of nitrogens with zero attached hydrogens (tertiary/aromatic N) is 1. The highest BCUT2D eigenvalue weighted by Gasteiger charge is 2.19. The Morgan fingerprint density at radius 2 is 1.93 bits per heavy atom. The van der Waals surface area contributed by atoms with E-state index >= 15 is 0 Å². The molecule has 1 saturated heterocycles. The SMILES string of the molecule is Cc1cccc(-c2cc(F)cc(OCC(O)CN3CCC(O)CC3)c2)c1C. The summed E-state index contributed by atoms with van der Waals surface area (Å²) in [5.41, 5.74) is 4.01. The summed E-state index contributed by atoms with van der Waals surface area (Å²) in [6.45, 7) is 6.20. The smallest absolute Gasteiger partial charge is 0.127 e. The van der Waals surface area contributed by atoms with Crippen molar-refractivity contribution in [2.24, 2.45) is 0 Å². The zero-order chi connectivity index (χ0) is 19.4.